The van der Waals surface area contributed by atoms with Crippen LogP contribution in [0, 0.1) is 0 Å². The molecule has 2 aromatic heterocycles. The fourth-order valence-electron chi connectivity index (χ4n) is 3.65. The van der Waals surface area contributed by atoms with Gasteiger partial charge in [-0.15, -0.1) is 0 Å². The van der Waals surface area contributed by atoms with Gasteiger partial charge in [0.2, 0.25) is 0 Å². The van der Waals surface area contributed by atoms with Crippen molar-refractivity contribution in [1.29, 1.82) is 0 Å². The Morgan fingerprint density at radius 1 is 0.867 bits per heavy atom. The Labute approximate surface area is 177 Å². The Bertz CT molecular complexity index is 1080. The van der Waals surface area contributed by atoms with Crippen molar-refractivity contribution in [2.24, 2.45) is 0 Å². The van der Waals surface area contributed by atoms with E-state index >= 15 is 0 Å². The van der Waals surface area contributed by atoms with Crippen LogP contribution in [0.3, 0.4) is 0 Å². The first-order chi connectivity index (χ1) is 14.7. The van der Waals surface area contributed by atoms with Gasteiger partial charge in [-0.05, 0) is 67.1 Å². The molecule has 0 aliphatic rings. The first-order valence-electron chi connectivity index (χ1n) is 10.3. The first kappa shape index (κ1) is 19.8. The summed E-state index contributed by atoms with van der Waals surface area (Å²) >= 11 is 0. The number of H-pyrrole nitrogens is 1. The van der Waals surface area contributed by atoms with Gasteiger partial charge in [0.05, 0.1) is 31.3 Å². The Morgan fingerprint density at radius 2 is 1.50 bits per heavy atom. The van der Waals surface area contributed by atoms with Crippen LogP contribution in [0.4, 0.5) is 0 Å². The Hall–Kier alpha value is -3.47. The molecule has 4 aromatic rings. The zero-order valence-corrected chi connectivity index (χ0v) is 17.7. The number of hydrogen-bond donors (Lipinski definition) is 1. The van der Waals surface area contributed by atoms with Crippen LogP contribution in [0.25, 0.3) is 34.0 Å². The molecular formula is C25H27N3O2. The van der Waals surface area contributed by atoms with E-state index in [0.717, 1.165) is 64.9 Å². The second-order valence-corrected chi connectivity index (χ2v) is 7.18. The van der Waals surface area contributed by atoms with E-state index in [-0.39, 0.29) is 0 Å². The van der Waals surface area contributed by atoms with Gasteiger partial charge in [-0.2, -0.15) is 0 Å². The van der Waals surface area contributed by atoms with E-state index in [9.17, 15) is 0 Å². The molecule has 2 heterocycles. The molecule has 0 saturated carbocycles. The van der Waals surface area contributed by atoms with Crippen LogP contribution in [0.2, 0.25) is 0 Å². The molecular weight excluding hydrogens is 374 g/mol. The Kier molecular flexibility index (Phi) is 5.89. The lowest BCUT2D eigenvalue weighted by Gasteiger charge is -2.13. The third-order valence-corrected chi connectivity index (χ3v) is 5.27. The molecule has 0 bridgehead atoms. The molecule has 0 spiro atoms. The van der Waals surface area contributed by atoms with Crippen molar-refractivity contribution in [3.05, 3.63) is 66.9 Å². The van der Waals surface area contributed by atoms with E-state index in [1.165, 1.54) is 0 Å². The lowest BCUT2D eigenvalue weighted by atomic mass is 10.0. The summed E-state index contributed by atoms with van der Waals surface area (Å²) < 4.78 is 13.0. The summed E-state index contributed by atoms with van der Waals surface area (Å²) in [4.78, 5) is 8.44. The molecule has 5 heteroatoms. The molecule has 0 saturated heterocycles. The largest absolute Gasteiger partial charge is 0.497 e. The summed E-state index contributed by atoms with van der Waals surface area (Å²) in [5, 5.41) is 0. The smallest absolute Gasteiger partial charge is 0.157 e. The van der Waals surface area contributed by atoms with Crippen LogP contribution < -0.4 is 9.47 Å². The lowest BCUT2D eigenvalue weighted by Crippen LogP contribution is -2.03. The molecule has 0 aliphatic heterocycles. The molecule has 0 atom stereocenters. The second kappa shape index (κ2) is 8.91. The topological polar surface area (TPSA) is 52.1 Å². The molecule has 1 N–H and O–H groups in total. The van der Waals surface area contributed by atoms with Crippen LogP contribution in [0.15, 0.2) is 66.9 Å². The minimum Gasteiger partial charge on any atom is -0.497 e. The van der Waals surface area contributed by atoms with Gasteiger partial charge < -0.3 is 19.0 Å². The summed E-state index contributed by atoms with van der Waals surface area (Å²) in [6.07, 6.45) is 4.13. The highest BCUT2D eigenvalue weighted by atomic mass is 16.5. The van der Waals surface area contributed by atoms with E-state index in [2.05, 4.69) is 46.8 Å². The van der Waals surface area contributed by atoms with Crippen LogP contribution in [0.1, 0.15) is 19.8 Å². The molecule has 154 valence electrons. The number of hydrogen-bond acceptors (Lipinski definition) is 3. The van der Waals surface area contributed by atoms with Crippen molar-refractivity contribution in [3.63, 3.8) is 0 Å². The summed E-state index contributed by atoms with van der Waals surface area (Å²) in [5.41, 5.74) is 5.26. The SMILES string of the molecule is CCCCn1c(-c2ccc[nH]2)nc(-c2ccc(OC)cc2)c1-c1ccc(OC)cc1. The monoisotopic (exact) mass is 401 g/mol. The third kappa shape index (κ3) is 3.83. The predicted molar refractivity (Wildman–Crippen MR) is 121 cm³/mol. The molecule has 30 heavy (non-hydrogen) atoms. The number of benzene rings is 2. The highest BCUT2D eigenvalue weighted by molar-refractivity contribution is 5.82. The first-order valence-corrected chi connectivity index (χ1v) is 10.3. The van der Waals surface area contributed by atoms with Crippen molar-refractivity contribution in [3.8, 4) is 45.5 Å². The zero-order chi connectivity index (χ0) is 20.9. The fourth-order valence-corrected chi connectivity index (χ4v) is 3.65. The summed E-state index contributed by atoms with van der Waals surface area (Å²) in [6.45, 7) is 3.11. The highest BCUT2D eigenvalue weighted by Gasteiger charge is 2.21. The third-order valence-electron chi connectivity index (χ3n) is 5.27. The number of aromatic nitrogens is 3. The van der Waals surface area contributed by atoms with Crippen LogP contribution in [0.5, 0.6) is 11.5 Å². The van der Waals surface area contributed by atoms with E-state index in [0.29, 0.717) is 0 Å². The quantitative estimate of drug-likeness (QED) is 0.392. The van der Waals surface area contributed by atoms with Crippen LogP contribution in [-0.4, -0.2) is 28.8 Å². The number of ether oxygens (including phenoxy) is 2. The standard InChI is InChI=1S/C25H27N3O2/c1-4-5-17-28-24(19-10-14-21(30-3)15-11-19)23(18-8-12-20(29-2)13-9-18)27-25(28)22-7-6-16-26-22/h6-16,26H,4-5,17H2,1-3H3. The zero-order valence-electron chi connectivity index (χ0n) is 17.7. The maximum Gasteiger partial charge on any atom is 0.157 e. The van der Waals surface area contributed by atoms with Gasteiger partial charge in [-0.25, -0.2) is 4.98 Å². The van der Waals surface area contributed by atoms with Gasteiger partial charge in [0.15, 0.2) is 5.82 Å². The van der Waals surface area contributed by atoms with Gasteiger partial charge >= 0.3 is 0 Å². The number of nitrogens with one attached hydrogen (secondary N) is 1. The number of rotatable bonds is 8. The van der Waals surface area contributed by atoms with Gasteiger partial charge in [0.25, 0.3) is 0 Å². The van der Waals surface area contributed by atoms with Gasteiger partial charge in [0, 0.05) is 23.9 Å². The number of aromatic amines is 1. The lowest BCUT2D eigenvalue weighted by molar-refractivity contribution is 0.414. The number of nitrogens with zero attached hydrogens (tertiary/aromatic N) is 2. The Balaban J connectivity index is 1.94. The summed E-state index contributed by atoms with van der Waals surface area (Å²) in [6, 6.07) is 20.4. The highest BCUT2D eigenvalue weighted by Crippen LogP contribution is 2.37. The van der Waals surface area contributed by atoms with E-state index in [4.69, 9.17) is 14.5 Å². The maximum atomic E-state index is 5.36. The predicted octanol–water partition coefficient (Wildman–Crippen LogP) is 6.03. The normalized spacial score (nSPS) is 10.9. The second-order valence-electron chi connectivity index (χ2n) is 7.18. The molecule has 2 aromatic carbocycles. The Morgan fingerprint density at radius 3 is 2.03 bits per heavy atom. The molecule has 0 fully saturated rings. The van der Waals surface area contributed by atoms with Gasteiger partial charge in [-0.3, -0.25) is 0 Å². The maximum absolute atomic E-state index is 5.36. The average Bonchev–Trinajstić information content (AvgIpc) is 3.46. The molecule has 5 nitrogen and oxygen atoms in total. The van der Waals surface area contributed by atoms with Gasteiger partial charge in [-0.1, -0.05) is 13.3 Å². The molecule has 0 amide bonds. The minimum atomic E-state index is 0.833. The van der Waals surface area contributed by atoms with Crippen molar-refractivity contribution < 1.29 is 9.47 Å². The minimum absolute atomic E-state index is 0.833. The van der Waals surface area contributed by atoms with Crippen molar-refractivity contribution in [2.75, 3.05) is 14.2 Å². The number of imidazole rings is 1. The molecule has 0 radical (unpaired) electrons. The summed E-state index contributed by atoms with van der Waals surface area (Å²) in [5.74, 6) is 2.62. The van der Waals surface area contributed by atoms with E-state index < -0.39 is 0 Å². The van der Waals surface area contributed by atoms with Crippen molar-refractivity contribution in [1.82, 2.24) is 14.5 Å². The van der Waals surface area contributed by atoms with E-state index in [1.807, 2.05) is 36.5 Å². The number of methoxy groups -OCH3 is 2. The molecule has 0 aliphatic carbocycles. The average molecular weight is 402 g/mol. The number of unbranched alkanes of at least 4 members (excludes halogenated alkanes) is 1. The van der Waals surface area contributed by atoms with Crippen molar-refractivity contribution in [2.45, 2.75) is 26.3 Å². The molecule has 4 rings (SSSR count). The fraction of sp³-hybridized carbons (Fsp3) is 0.240. The van der Waals surface area contributed by atoms with Gasteiger partial charge in [0.1, 0.15) is 11.5 Å². The van der Waals surface area contributed by atoms with Crippen LogP contribution >= 0.6 is 0 Å². The van der Waals surface area contributed by atoms with Crippen molar-refractivity contribution >= 4 is 0 Å². The van der Waals surface area contributed by atoms with E-state index in [1.54, 1.807) is 14.2 Å². The summed E-state index contributed by atoms with van der Waals surface area (Å²) in [7, 11) is 3.37. The molecule has 0 unspecified atom stereocenters. The van der Waals surface area contributed by atoms with Crippen LogP contribution in [-0.2, 0) is 6.54 Å².